The van der Waals surface area contributed by atoms with Crippen LogP contribution in [0.4, 0.5) is 5.69 Å². The van der Waals surface area contributed by atoms with Crippen LogP contribution in [0.1, 0.15) is 29.6 Å². The van der Waals surface area contributed by atoms with Crippen LogP contribution < -0.4 is 10.5 Å². The fourth-order valence-electron chi connectivity index (χ4n) is 1.67. The molecule has 0 heterocycles. The zero-order valence-corrected chi connectivity index (χ0v) is 9.94. The molecule has 0 saturated heterocycles. The zero-order valence-electron chi connectivity index (χ0n) is 9.94. The van der Waals surface area contributed by atoms with Gasteiger partial charge in [-0.05, 0) is 30.5 Å². The van der Waals surface area contributed by atoms with E-state index in [0.717, 1.165) is 12.3 Å². The third-order valence-electron chi connectivity index (χ3n) is 2.92. The Hall–Kier alpha value is -1.71. The molecule has 0 aromatic heterocycles. The van der Waals surface area contributed by atoms with Crippen LogP contribution in [0.5, 0.6) is 5.75 Å². The first-order valence-electron chi connectivity index (χ1n) is 5.81. The summed E-state index contributed by atoms with van der Waals surface area (Å²) in [6, 6.07) is 4.92. The van der Waals surface area contributed by atoms with Gasteiger partial charge in [-0.15, -0.1) is 0 Å². The molecule has 1 fully saturated rings. The van der Waals surface area contributed by atoms with E-state index in [0.29, 0.717) is 23.6 Å². The van der Waals surface area contributed by atoms with E-state index in [4.69, 9.17) is 15.2 Å². The van der Waals surface area contributed by atoms with Crippen molar-refractivity contribution in [3.63, 3.8) is 0 Å². The van der Waals surface area contributed by atoms with Gasteiger partial charge in [-0.25, -0.2) is 4.79 Å². The van der Waals surface area contributed by atoms with Crippen molar-refractivity contribution in [2.45, 2.75) is 19.3 Å². The Kier molecular flexibility index (Phi) is 3.52. The molecule has 4 nitrogen and oxygen atoms in total. The van der Waals surface area contributed by atoms with Gasteiger partial charge >= 0.3 is 5.97 Å². The van der Waals surface area contributed by atoms with Crippen molar-refractivity contribution in [1.29, 1.82) is 0 Å². The third-order valence-corrected chi connectivity index (χ3v) is 2.92. The lowest BCUT2D eigenvalue weighted by molar-refractivity contribution is 0.0495. The van der Waals surface area contributed by atoms with Crippen molar-refractivity contribution < 1.29 is 14.3 Å². The fraction of sp³-hybridized carbons (Fsp3) is 0.462. The Morgan fingerprint density at radius 3 is 2.82 bits per heavy atom. The zero-order chi connectivity index (χ0) is 12.3. The van der Waals surface area contributed by atoms with Crippen molar-refractivity contribution in [1.82, 2.24) is 0 Å². The summed E-state index contributed by atoms with van der Waals surface area (Å²) < 4.78 is 10.2. The standard InChI is InChI=1S/C13H17NO3/c1-16-12-5-4-10(8-11(12)14)13(15)17-7-6-9-2-3-9/h4-5,8-9H,2-3,6-7,14H2,1H3. The highest BCUT2D eigenvalue weighted by Crippen LogP contribution is 2.32. The second-order valence-electron chi connectivity index (χ2n) is 4.32. The van der Waals surface area contributed by atoms with Gasteiger partial charge in [0.15, 0.2) is 0 Å². The second kappa shape index (κ2) is 5.08. The average molecular weight is 235 g/mol. The molecule has 0 aliphatic heterocycles. The van der Waals surface area contributed by atoms with Gasteiger partial charge in [0.2, 0.25) is 0 Å². The largest absolute Gasteiger partial charge is 0.495 e. The van der Waals surface area contributed by atoms with Crippen molar-refractivity contribution in [3.05, 3.63) is 23.8 Å². The monoisotopic (exact) mass is 235 g/mol. The van der Waals surface area contributed by atoms with Crippen LogP contribution >= 0.6 is 0 Å². The summed E-state index contributed by atoms with van der Waals surface area (Å²) in [5.41, 5.74) is 6.64. The van der Waals surface area contributed by atoms with Crippen LogP contribution in [-0.2, 0) is 4.74 Å². The van der Waals surface area contributed by atoms with E-state index in [1.165, 1.54) is 12.8 Å². The lowest BCUT2D eigenvalue weighted by atomic mass is 10.2. The Morgan fingerprint density at radius 1 is 1.47 bits per heavy atom. The van der Waals surface area contributed by atoms with Gasteiger partial charge in [0.05, 0.1) is 25.0 Å². The van der Waals surface area contributed by atoms with Crippen LogP contribution in [-0.4, -0.2) is 19.7 Å². The number of hydrogen-bond donors (Lipinski definition) is 1. The van der Waals surface area contributed by atoms with Gasteiger partial charge in [0.1, 0.15) is 5.75 Å². The number of nitrogen functional groups attached to an aromatic ring is 1. The minimum atomic E-state index is -0.319. The van der Waals surface area contributed by atoms with E-state index in [-0.39, 0.29) is 5.97 Å². The molecule has 2 rings (SSSR count). The third kappa shape index (κ3) is 3.12. The number of hydrogen-bond acceptors (Lipinski definition) is 4. The van der Waals surface area contributed by atoms with Crippen LogP contribution in [0.25, 0.3) is 0 Å². The fourth-order valence-corrected chi connectivity index (χ4v) is 1.67. The summed E-state index contributed by atoms with van der Waals surface area (Å²) in [6.07, 6.45) is 3.51. The minimum absolute atomic E-state index is 0.319. The average Bonchev–Trinajstić information content (AvgIpc) is 3.13. The number of rotatable bonds is 5. The molecule has 0 bridgehead atoms. The molecule has 1 aliphatic rings. The van der Waals surface area contributed by atoms with Crippen molar-refractivity contribution in [2.24, 2.45) is 5.92 Å². The molecule has 17 heavy (non-hydrogen) atoms. The number of anilines is 1. The lowest BCUT2D eigenvalue weighted by Gasteiger charge is -2.07. The van der Waals surface area contributed by atoms with Crippen LogP contribution in [0, 0.1) is 5.92 Å². The highest BCUT2D eigenvalue weighted by Gasteiger charge is 2.21. The van der Waals surface area contributed by atoms with Crippen LogP contribution in [0.15, 0.2) is 18.2 Å². The molecule has 4 heteroatoms. The van der Waals surface area contributed by atoms with E-state index in [1.54, 1.807) is 25.3 Å². The SMILES string of the molecule is COc1ccc(C(=O)OCCC2CC2)cc1N. The van der Waals surface area contributed by atoms with Gasteiger partial charge in [-0.2, -0.15) is 0 Å². The normalized spacial score (nSPS) is 14.4. The van der Waals surface area contributed by atoms with Crippen molar-refractivity contribution >= 4 is 11.7 Å². The highest BCUT2D eigenvalue weighted by molar-refractivity contribution is 5.91. The smallest absolute Gasteiger partial charge is 0.338 e. The van der Waals surface area contributed by atoms with E-state index in [9.17, 15) is 4.79 Å². The summed E-state index contributed by atoms with van der Waals surface area (Å²) in [4.78, 5) is 11.7. The first-order valence-corrected chi connectivity index (χ1v) is 5.81. The topological polar surface area (TPSA) is 61.5 Å². The first-order chi connectivity index (χ1) is 8.20. The maximum atomic E-state index is 11.7. The van der Waals surface area contributed by atoms with Crippen LogP contribution in [0.2, 0.25) is 0 Å². The van der Waals surface area contributed by atoms with Gasteiger partial charge in [0, 0.05) is 0 Å². The number of nitrogens with two attached hydrogens (primary N) is 1. The Balaban J connectivity index is 1.90. The molecule has 1 aromatic carbocycles. The number of carbonyl (C=O) groups excluding carboxylic acids is 1. The lowest BCUT2D eigenvalue weighted by Crippen LogP contribution is -2.07. The van der Waals surface area contributed by atoms with E-state index >= 15 is 0 Å². The number of esters is 1. The Labute approximate surface area is 101 Å². The Morgan fingerprint density at radius 2 is 2.24 bits per heavy atom. The van der Waals surface area contributed by atoms with Crippen LogP contribution in [0.3, 0.4) is 0 Å². The predicted molar refractivity (Wildman–Crippen MR) is 65.0 cm³/mol. The molecule has 0 amide bonds. The number of benzene rings is 1. The van der Waals surface area contributed by atoms with Gasteiger partial charge in [0.25, 0.3) is 0 Å². The van der Waals surface area contributed by atoms with E-state index in [1.807, 2.05) is 0 Å². The maximum absolute atomic E-state index is 11.7. The van der Waals surface area contributed by atoms with Crippen molar-refractivity contribution in [2.75, 3.05) is 19.5 Å². The van der Waals surface area contributed by atoms with Gasteiger partial charge in [-0.1, -0.05) is 12.8 Å². The summed E-state index contributed by atoms with van der Waals surface area (Å²) in [7, 11) is 1.54. The number of ether oxygens (including phenoxy) is 2. The van der Waals surface area contributed by atoms with E-state index < -0.39 is 0 Å². The van der Waals surface area contributed by atoms with Gasteiger partial charge in [-0.3, -0.25) is 0 Å². The molecule has 0 spiro atoms. The summed E-state index contributed by atoms with van der Waals surface area (Å²) >= 11 is 0. The quantitative estimate of drug-likeness (QED) is 0.628. The minimum Gasteiger partial charge on any atom is -0.495 e. The molecule has 92 valence electrons. The maximum Gasteiger partial charge on any atom is 0.338 e. The van der Waals surface area contributed by atoms with Crippen molar-refractivity contribution in [3.8, 4) is 5.75 Å². The molecular formula is C13H17NO3. The second-order valence-corrected chi connectivity index (χ2v) is 4.32. The predicted octanol–water partition coefficient (Wildman–Crippen LogP) is 2.23. The Bertz CT molecular complexity index is 413. The highest BCUT2D eigenvalue weighted by atomic mass is 16.5. The summed E-state index contributed by atoms with van der Waals surface area (Å²) in [5.74, 6) is 1.02. The molecule has 1 saturated carbocycles. The molecule has 1 aromatic rings. The molecule has 0 unspecified atom stereocenters. The number of carbonyl (C=O) groups is 1. The van der Waals surface area contributed by atoms with E-state index in [2.05, 4.69) is 0 Å². The summed E-state index contributed by atoms with van der Waals surface area (Å²) in [5, 5.41) is 0. The number of methoxy groups -OCH3 is 1. The molecule has 2 N–H and O–H groups in total. The van der Waals surface area contributed by atoms with Gasteiger partial charge < -0.3 is 15.2 Å². The summed E-state index contributed by atoms with van der Waals surface area (Å²) in [6.45, 7) is 0.495. The molecule has 1 aliphatic carbocycles. The molecule has 0 radical (unpaired) electrons. The molecule has 0 atom stereocenters. The molecular weight excluding hydrogens is 218 g/mol. The first kappa shape index (κ1) is 11.8.